The molecule has 8 nitrogen and oxygen atoms in total. The van der Waals surface area contributed by atoms with Gasteiger partial charge in [-0.05, 0) is 78.3 Å². The van der Waals surface area contributed by atoms with Gasteiger partial charge in [0.2, 0.25) is 34.1 Å². The maximum Gasteiger partial charge on any atom is 0.534 e. The van der Waals surface area contributed by atoms with E-state index in [0.717, 1.165) is 23.4 Å². The summed E-state index contributed by atoms with van der Waals surface area (Å²) in [5.74, 6) is 1.30. The first kappa shape index (κ1) is 54.2. The third-order valence-electron chi connectivity index (χ3n) is 18.0. The Morgan fingerprint density at radius 3 is 1.34 bits per heavy atom. The van der Waals surface area contributed by atoms with Gasteiger partial charge in [-0.1, -0.05) is 169 Å². The summed E-state index contributed by atoms with van der Waals surface area (Å²) in [7, 11) is -7.00. The molecule has 5 unspecified atom stereocenters. The van der Waals surface area contributed by atoms with Crippen LogP contribution in [-0.4, -0.2) is 48.2 Å². The van der Waals surface area contributed by atoms with Crippen molar-refractivity contribution in [3.63, 3.8) is 0 Å². The maximum atomic E-state index is 12.2. The Kier molecular flexibility index (Phi) is 13.8. The standard InChI is InChI=1S/C44H34N2.C18H15BNO2.C10H11F3O3S/c1-5-19-41-35(15-1)36-16-2-6-20-42(36)45(41)32-13-9-11-30(27-32)39-25-29-23-24-34(39)40(26-29)31-12-10-14-33(28-31)46-43-21-7-3-17-37(43)38-18-4-8-22-44(38)46;21-19(22)13-6-5-7-14(12-13)20-17-10-3-1-8-15(17)16-9-2-4-11-18(16)20;1-6-4-7-2-3-8(6)9(5-7)16-17(14,15)10(11,12)13/h1-22,25-29,34-35,37H,23-24H2;1-12,15,21-22H;4-5,7-8H,2-3H2,1H3/q+2;+1;. The molecule has 420 valence electrons. The molecule has 0 aromatic heterocycles. The van der Waals surface area contributed by atoms with Crippen molar-refractivity contribution < 1.29 is 35.8 Å². The number of allylic oxidation sites excluding steroid dienone is 19. The molecule has 9 aliphatic carbocycles. The monoisotopic (exact) mass is 1150 g/mol. The minimum absolute atomic E-state index is 0.0153. The van der Waals surface area contributed by atoms with Crippen molar-refractivity contribution in [3.8, 4) is 0 Å². The fourth-order valence-electron chi connectivity index (χ4n) is 14.2. The predicted molar refractivity (Wildman–Crippen MR) is 337 cm³/mol. The highest BCUT2D eigenvalue weighted by atomic mass is 32.2. The first-order chi connectivity index (χ1) is 41.3. The number of halogens is 3. The van der Waals surface area contributed by atoms with Crippen LogP contribution >= 0.6 is 0 Å². The summed E-state index contributed by atoms with van der Waals surface area (Å²) in [5, 5.41) is 18.8. The molecule has 12 aliphatic rings. The molecule has 18 rings (SSSR count). The fourth-order valence-corrected chi connectivity index (χ4v) is 14.7. The van der Waals surface area contributed by atoms with Gasteiger partial charge >= 0.3 is 22.7 Å². The number of nitrogens with zero attached hydrogens (tertiary/aromatic N) is 3. The van der Waals surface area contributed by atoms with Gasteiger partial charge in [-0.25, -0.2) is 0 Å². The average molecular weight is 1150 g/mol. The maximum absolute atomic E-state index is 12.2. The molecule has 0 radical (unpaired) electrons. The van der Waals surface area contributed by atoms with Gasteiger partial charge in [-0.3, -0.25) is 0 Å². The highest BCUT2D eigenvalue weighted by molar-refractivity contribution is 7.87. The lowest BCUT2D eigenvalue weighted by Crippen LogP contribution is -2.30. The Morgan fingerprint density at radius 1 is 0.494 bits per heavy atom. The highest BCUT2D eigenvalue weighted by Gasteiger charge is 2.50. The molecule has 5 atom stereocenters. The summed E-state index contributed by atoms with van der Waals surface area (Å²) < 4.78 is 69.7. The van der Waals surface area contributed by atoms with Gasteiger partial charge in [-0.2, -0.15) is 35.3 Å². The zero-order chi connectivity index (χ0) is 58.1. The van der Waals surface area contributed by atoms with Gasteiger partial charge < -0.3 is 14.2 Å². The van der Waals surface area contributed by atoms with Gasteiger partial charge in [0.15, 0.2) is 17.1 Å². The summed E-state index contributed by atoms with van der Waals surface area (Å²) in [6, 6.07) is 52.0. The lowest BCUT2D eigenvalue weighted by atomic mass is 9.68. The van der Waals surface area contributed by atoms with E-state index in [2.05, 4.69) is 212 Å². The molecule has 0 amide bonds. The quantitative estimate of drug-likeness (QED) is 0.0521. The van der Waals surface area contributed by atoms with E-state index in [1.165, 1.54) is 97.8 Å². The van der Waals surface area contributed by atoms with Gasteiger partial charge in [0.25, 0.3) is 0 Å². The normalized spacial score (nSPS) is 23.8. The lowest BCUT2D eigenvalue weighted by Gasteiger charge is -2.36. The van der Waals surface area contributed by atoms with Crippen LogP contribution in [0.4, 0.5) is 47.3 Å². The predicted octanol–water partition coefficient (Wildman–Crippen LogP) is 14.8. The Morgan fingerprint density at radius 2 is 0.918 bits per heavy atom. The second-order valence-electron chi connectivity index (χ2n) is 23.0. The van der Waals surface area contributed by atoms with E-state index in [1.807, 2.05) is 36.4 Å². The zero-order valence-electron chi connectivity index (χ0n) is 46.5. The molecule has 3 aliphatic heterocycles. The van der Waals surface area contributed by atoms with Gasteiger partial charge in [0, 0.05) is 101 Å². The van der Waals surface area contributed by atoms with E-state index in [0.29, 0.717) is 35.6 Å². The Hall–Kier alpha value is -8.75. The molecular weight excluding hydrogens is 1090 g/mol. The van der Waals surface area contributed by atoms with Gasteiger partial charge in [0.1, 0.15) is 5.76 Å². The van der Waals surface area contributed by atoms with E-state index in [-0.39, 0.29) is 23.5 Å². The smallest absolute Gasteiger partial charge is 0.423 e. The van der Waals surface area contributed by atoms with Crippen molar-refractivity contribution in [1.29, 1.82) is 0 Å². The van der Waals surface area contributed by atoms with Crippen LogP contribution in [-0.2, 0) is 14.3 Å². The van der Waals surface area contributed by atoms with E-state index in [4.69, 9.17) is 0 Å². The topological polar surface area (TPSA) is 92.9 Å². The van der Waals surface area contributed by atoms with Crippen molar-refractivity contribution in [2.75, 3.05) is 0 Å². The molecule has 85 heavy (non-hydrogen) atoms. The second-order valence-corrected chi connectivity index (χ2v) is 24.5. The summed E-state index contributed by atoms with van der Waals surface area (Å²) in [5.41, 5.74) is 16.7. The molecule has 0 spiro atoms. The first-order valence-electron chi connectivity index (χ1n) is 29.1. The van der Waals surface area contributed by atoms with Crippen LogP contribution in [0.1, 0.15) is 78.2 Å². The van der Waals surface area contributed by atoms with Crippen LogP contribution in [0.2, 0.25) is 0 Å². The molecule has 6 aromatic carbocycles. The van der Waals surface area contributed by atoms with Crippen LogP contribution in [0, 0.1) is 23.7 Å². The molecule has 4 bridgehead atoms. The van der Waals surface area contributed by atoms with Gasteiger partial charge in [0.05, 0.1) is 17.8 Å². The molecule has 6 aromatic rings. The molecule has 0 fully saturated rings. The Bertz CT molecular complexity index is 4180. The largest absolute Gasteiger partial charge is 0.534 e. The summed E-state index contributed by atoms with van der Waals surface area (Å²) in [6.07, 6.45) is 38.7. The van der Waals surface area contributed by atoms with Crippen LogP contribution in [0.15, 0.2) is 254 Å². The fraction of sp³-hybridized carbons (Fsp3) is 0.181. The van der Waals surface area contributed by atoms with Crippen molar-refractivity contribution in [1.82, 2.24) is 13.7 Å². The first-order valence-corrected chi connectivity index (χ1v) is 30.5. The summed E-state index contributed by atoms with van der Waals surface area (Å²) >= 11 is 0. The van der Waals surface area contributed by atoms with Crippen molar-refractivity contribution in [3.05, 3.63) is 282 Å². The average Bonchev–Trinajstić information content (AvgIpc) is 3.01. The van der Waals surface area contributed by atoms with E-state index >= 15 is 0 Å². The minimum Gasteiger partial charge on any atom is -0.423 e. The van der Waals surface area contributed by atoms with E-state index < -0.39 is 22.7 Å². The highest BCUT2D eigenvalue weighted by Crippen LogP contribution is 2.51. The molecule has 0 saturated carbocycles. The number of rotatable bonds is 8. The van der Waals surface area contributed by atoms with Crippen LogP contribution in [0.3, 0.4) is 0 Å². The van der Waals surface area contributed by atoms with E-state index in [1.54, 1.807) is 13.0 Å². The third kappa shape index (κ3) is 9.78. The second kappa shape index (κ2) is 21.7. The van der Waals surface area contributed by atoms with Crippen molar-refractivity contribution in [2.45, 2.75) is 55.9 Å². The molecular formula is C72H60BF3N3O5S+3. The summed E-state index contributed by atoms with van der Waals surface area (Å²) in [4.78, 5) is 0. The molecule has 2 N–H and O–H groups in total. The molecule has 13 heteroatoms. The summed E-state index contributed by atoms with van der Waals surface area (Å²) in [6.45, 7) is 1.77. The third-order valence-corrected chi connectivity index (χ3v) is 18.9. The molecule has 3 heterocycles. The number of hydrogen-bond acceptors (Lipinski definition) is 5. The number of benzene rings is 6. The lowest BCUT2D eigenvalue weighted by molar-refractivity contribution is -0.0528. The van der Waals surface area contributed by atoms with Crippen LogP contribution in [0.25, 0.3) is 11.1 Å². The number of para-hydroxylation sites is 3. The number of hydrogen-bond donors (Lipinski definition) is 2. The van der Waals surface area contributed by atoms with Crippen LogP contribution < -0.4 is 19.2 Å². The number of fused-ring (bicyclic) bond motifs is 11. The SMILES string of the molecule is C1=CC2=[N+](c3cccc(C4=CC5C=C(c6cccc([N+]7=C8C=CC=CC8c8ccccc87)c6)C4CC5)c3)c3ccccc3C2C=C1.CC1=CC2C=C(OS(=O)(=O)C(F)(F)F)C1CC2.OB(O)c1cccc([N+]2=C3C=CC=CC3c3ccccc32)c1. The van der Waals surface area contributed by atoms with E-state index in [9.17, 15) is 31.6 Å². The Labute approximate surface area is 493 Å². The van der Waals surface area contributed by atoms with Crippen molar-refractivity contribution >= 4 is 85.1 Å². The van der Waals surface area contributed by atoms with Crippen molar-refractivity contribution in [2.24, 2.45) is 23.7 Å². The minimum atomic E-state index is -5.54. The Balaban J connectivity index is 0.000000135. The molecule has 0 saturated heterocycles. The van der Waals surface area contributed by atoms with Gasteiger partial charge in [-0.15, -0.1) is 0 Å². The van der Waals surface area contributed by atoms with Crippen LogP contribution in [0.5, 0.6) is 0 Å². The number of alkyl halides is 3. The zero-order valence-corrected chi connectivity index (χ0v) is 47.4.